The van der Waals surface area contributed by atoms with Gasteiger partial charge in [0.1, 0.15) is 5.25 Å². The number of hydrogen-bond acceptors (Lipinski definition) is 4. The molecule has 0 bridgehead atoms. The van der Waals surface area contributed by atoms with Crippen LogP contribution in [-0.4, -0.2) is 57.8 Å². The first kappa shape index (κ1) is 10.8. The zero-order valence-corrected chi connectivity index (χ0v) is 8.46. The Balaban J connectivity index is 2.46. The average Bonchev–Trinajstić information content (AvgIpc) is 2.17. The van der Waals surface area contributed by atoms with Crippen LogP contribution in [0.5, 0.6) is 0 Å². The number of nitrogens with zero attached hydrogens (tertiary/aromatic N) is 1. The van der Waals surface area contributed by atoms with Crippen molar-refractivity contribution in [2.24, 2.45) is 0 Å². The fourth-order valence-corrected chi connectivity index (χ4v) is 2.40. The van der Waals surface area contributed by atoms with Gasteiger partial charge in [0.25, 0.3) is 0 Å². The summed E-state index contributed by atoms with van der Waals surface area (Å²) in [6.07, 6.45) is 0. The second kappa shape index (κ2) is 4.83. The Labute approximate surface area is 81.9 Å². The van der Waals surface area contributed by atoms with E-state index in [-0.39, 0.29) is 17.9 Å². The van der Waals surface area contributed by atoms with E-state index in [9.17, 15) is 4.79 Å². The van der Waals surface area contributed by atoms with Crippen molar-refractivity contribution in [2.75, 3.05) is 25.4 Å². The van der Waals surface area contributed by atoms with E-state index >= 15 is 0 Å². The predicted octanol–water partition coefficient (Wildman–Crippen LogP) is -0.131. The molecule has 1 aliphatic heterocycles. The van der Waals surface area contributed by atoms with E-state index in [1.54, 1.807) is 0 Å². The Morgan fingerprint density at radius 1 is 1.77 bits per heavy atom. The summed E-state index contributed by atoms with van der Waals surface area (Å²) in [6.45, 7) is 3.42. The molecular formula is C8H15NO3S. The SMILES string of the molecule is CC(CO)N1CCSC(C(=O)O)C1. The topological polar surface area (TPSA) is 60.8 Å². The van der Waals surface area contributed by atoms with Gasteiger partial charge in [-0.2, -0.15) is 0 Å². The monoisotopic (exact) mass is 205 g/mol. The maximum absolute atomic E-state index is 10.7. The third-order valence-corrected chi connectivity index (χ3v) is 3.43. The minimum atomic E-state index is -0.750. The normalized spacial score (nSPS) is 27.1. The Kier molecular flexibility index (Phi) is 4.02. The predicted molar refractivity (Wildman–Crippen MR) is 52.0 cm³/mol. The molecule has 13 heavy (non-hydrogen) atoms. The molecule has 2 unspecified atom stereocenters. The molecule has 0 aromatic carbocycles. The Morgan fingerprint density at radius 3 is 3.00 bits per heavy atom. The molecule has 1 heterocycles. The fourth-order valence-electron chi connectivity index (χ4n) is 1.33. The number of aliphatic hydroxyl groups excluding tert-OH is 1. The lowest BCUT2D eigenvalue weighted by atomic mass is 10.2. The van der Waals surface area contributed by atoms with Gasteiger partial charge in [-0.3, -0.25) is 9.69 Å². The van der Waals surface area contributed by atoms with Crippen LogP contribution in [0.15, 0.2) is 0 Å². The molecule has 0 saturated carbocycles. The van der Waals surface area contributed by atoms with Crippen LogP contribution in [-0.2, 0) is 4.79 Å². The summed E-state index contributed by atoms with van der Waals surface area (Å²) >= 11 is 1.48. The first-order valence-corrected chi connectivity index (χ1v) is 5.39. The van der Waals surface area contributed by atoms with Gasteiger partial charge >= 0.3 is 5.97 Å². The van der Waals surface area contributed by atoms with Crippen LogP contribution in [0.4, 0.5) is 0 Å². The number of thioether (sulfide) groups is 1. The van der Waals surface area contributed by atoms with Gasteiger partial charge in [-0.15, -0.1) is 11.8 Å². The summed E-state index contributed by atoms with van der Waals surface area (Å²) in [7, 11) is 0. The van der Waals surface area contributed by atoms with Crippen LogP contribution in [0.2, 0.25) is 0 Å². The van der Waals surface area contributed by atoms with Crippen LogP contribution < -0.4 is 0 Å². The van der Waals surface area contributed by atoms with E-state index in [2.05, 4.69) is 0 Å². The molecular weight excluding hydrogens is 190 g/mol. The Morgan fingerprint density at radius 2 is 2.46 bits per heavy atom. The third-order valence-electron chi connectivity index (χ3n) is 2.26. The van der Waals surface area contributed by atoms with Gasteiger partial charge in [0.2, 0.25) is 0 Å². The molecule has 1 saturated heterocycles. The molecule has 2 atom stereocenters. The molecule has 0 aromatic rings. The molecule has 76 valence electrons. The minimum absolute atomic E-state index is 0.0720. The van der Waals surface area contributed by atoms with Crippen molar-refractivity contribution in [3.63, 3.8) is 0 Å². The molecule has 5 heteroatoms. The highest BCUT2D eigenvalue weighted by Gasteiger charge is 2.27. The van der Waals surface area contributed by atoms with Crippen molar-refractivity contribution in [1.82, 2.24) is 4.90 Å². The maximum Gasteiger partial charge on any atom is 0.317 e. The minimum Gasteiger partial charge on any atom is -0.480 e. The van der Waals surface area contributed by atoms with Crippen LogP contribution >= 0.6 is 11.8 Å². The lowest BCUT2D eigenvalue weighted by molar-refractivity contribution is -0.137. The van der Waals surface area contributed by atoms with E-state index in [1.165, 1.54) is 11.8 Å². The van der Waals surface area contributed by atoms with Crippen molar-refractivity contribution >= 4 is 17.7 Å². The van der Waals surface area contributed by atoms with E-state index in [1.807, 2.05) is 11.8 Å². The highest BCUT2D eigenvalue weighted by molar-refractivity contribution is 8.00. The second-order valence-corrected chi connectivity index (χ2v) is 4.53. The first-order chi connectivity index (χ1) is 6.15. The van der Waals surface area contributed by atoms with E-state index in [4.69, 9.17) is 10.2 Å². The van der Waals surface area contributed by atoms with Gasteiger partial charge in [0.05, 0.1) is 6.61 Å². The zero-order valence-electron chi connectivity index (χ0n) is 7.64. The van der Waals surface area contributed by atoms with Crippen LogP contribution in [0.1, 0.15) is 6.92 Å². The molecule has 1 aliphatic rings. The highest BCUT2D eigenvalue weighted by Crippen LogP contribution is 2.20. The number of hydrogen-bond donors (Lipinski definition) is 2. The average molecular weight is 205 g/mol. The van der Waals surface area contributed by atoms with E-state index in [0.29, 0.717) is 6.54 Å². The number of carbonyl (C=O) groups is 1. The van der Waals surface area contributed by atoms with Gasteiger partial charge < -0.3 is 10.2 Å². The Bertz CT molecular complexity index is 188. The van der Waals surface area contributed by atoms with E-state index < -0.39 is 5.97 Å². The highest BCUT2D eigenvalue weighted by atomic mass is 32.2. The van der Waals surface area contributed by atoms with Gasteiger partial charge in [-0.05, 0) is 6.92 Å². The molecule has 0 aliphatic carbocycles. The summed E-state index contributed by atoms with van der Waals surface area (Å²) in [6, 6.07) is 0.0720. The molecule has 0 spiro atoms. The molecule has 1 rings (SSSR count). The van der Waals surface area contributed by atoms with Crippen LogP contribution in [0.3, 0.4) is 0 Å². The molecule has 0 amide bonds. The summed E-state index contributed by atoms with van der Waals surface area (Å²) < 4.78 is 0. The van der Waals surface area contributed by atoms with Crippen LogP contribution in [0.25, 0.3) is 0 Å². The molecule has 0 radical (unpaired) electrons. The third kappa shape index (κ3) is 2.86. The molecule has 0 aromatic heterocycles. The van der Waals surface area contributed by atoms with Gasteiger partial charge in [-0.25, -0.2) is 0 Å². The van der Waals surface area contributed by atoms with Gasteiger partial charge in [0.15, 0.2) is 0 Å². The second-order valence-electron chi connectivity index (χ2n) is 3.22. The fraction of sp³-hybridized carbons (Fsp3) is 0.875. The molecule has 2 N–H and O–H groups in total. The Hall–Kier alpha value is -0.260. The standard InChI is InChI=1S/C8H15NO3S/c1-6(5-10)9-2-3-13-7(4-9)8(11)12/h6-7,10H,2-5H2,1H3,(H,11,12). The summed E-state index contributed by atoms with van der Waals surface area (Å²) in [5.41, 5.74) is 0. The number of carboxylic acids is 1. The largest absolute Gasteiger partial charge is 0.480 e. The maximum atomic E-state index is 10.7. The lowest BCUT2D eigenvalue weighted by Gasteiger charge is -2.33. The van der Waals surface area contributed by atoms with Gasteiger partial charge in [-0.1, -0.05) is 0 Å². The summed E-state index contributed by atoms with van der Waals surface area (Å²) in [4.78, 5) is 12.7. The van der Waals surface area contributed by atoms with E-state index in [0.717, 1.165) is 12.3 Å². The van der Waals surface area contributed by atoms with Crippen molar-refractivity contribution in [2.45, 2.75) is 18.2 Å². The van der Waals surface area contributed by atoms with Gasteiger partial charge in [0, 0.05) is 24.9 Å². The summed E-state index contributed by atoms with van der Waals surface area (Å²) in [5, 5.41) is 17.4. The zero-order chi connectivity index (χ0) is 9.84. The lowest BCUT2D eigenvalue weighted by Crippen LogP contribution is -2.46. The van der Waals surface area contributed by atoms with Crippen molar-refractivity contribution < 1.29 is 15.0 Å². The summed E-state index contributed by atoms with van der Waals surface area (Å²) in [5.74, 6) is 0.0845. The first-order valence-electron chi connectivity index (χ1n) is 4.34. The number of rotatable bonds is 3. The van der Waals surface area contributed by atoms with Crippen molar-refractivity contribution in [3.05, 3.63) is 0 Å². The van der Waals surface area contributed by atoms with Crippen molar-refractivity contribution in [3.8, 4) is 0 Å². The van der Waals surface area contributed by atoms with Crippen molar-refractivity contribution in [1.29, 1.82) is 0 Å². The molecule has 4 nitrogen and oxygen atoms in total. The number of aliphatic carboxylic acids is 1. The smallest absolute Gasteiger partial charge is 0.317 e. The quantitative estimate of drug-likeness (QED) is 0.672. The number of aliphatic hydroxyl groups is 1. The molecule has 1 fully saturated rings. The number of carboxylic acid groups (broad SMARTS) is 1. The van der Waals surface area contributed by atoms with Crippen LogP contribution in [0, 0.1) is 0 Å².